The number of unbranched alkanes of at least 4 members (excludes halogenated alkanes) is 1. The van der Waals surface area contributed by atoms with Crippen LogP contribution in [0.15, 0.2) is 65.8 Å². The minimum atomic E-state index is -3.93. The number of urea groups is 1. The summed E-state index contributed by atoms with van der Waals surface area (Å²) in [5.41, 5.74) is 3.54. The Hall–Kier alpha value is -3.38. The summed E-state index contributed by atoms with van der Waals surface area (Å²) >= 11 is 6.48. The smallest absolute Gasteiger partial charge is 0.315 e. The molecule has 0 bridgehead atoms. The fraction of sp³-hybridized carbons (Fsp3) is 0.514. The second-order valence-electron chi connectivity index (χ2n) is 13.2. The molecule has 0 aliphatic heterocycles. The van der Waals surface area contributed by atoms with Crippen molar-refractivity contribution in [1.82, 2.24) is 19.9 Å². The van der Waals surface area contributed by atoms with Crippen LogP contribution >= 0.6 is 11.6 Å². The summed E-state index contributed by atoms with van der Waals surface area (Å²) in [5.74, 6) is 0.841. The zero-order chi connectivity index (χ0) is 38.5. The Bertz CT molecular complexity index is 1730. The highest BCUT2D eigenvalue weighted by molar-refractivity contribution is 7.89. The second kappa shape index (κ2) is 20.3. The zero-order valence-electron chi connectivity index (χ0n) is 30.0. The van der Waals surface area contributed by atoms with Crippen molar-refractivity contribution in [3.05, 3.63) is 77.1 Å². The third-order valence-corrected chi connectivity index (χ3v) is 11.3. The maximum Gasteiger partial charge on any atom is 0.315 e. The van der Waals surface area contributed by atoms with Gasteiger partial charge in [0.1, 0.15) is 24.1 Å². The molecule has 0 unspecified atom stereocenters. The first-order valence-corrected chi connectivity index (χ1v) is 19.6. The molecule has 53 heavy (non-hydrogen) atoms. The van der Waals surface area contributed by atoms with Crippen molar-refractivity contribution in [3.8, 4) is 16.9 Å². The molecule has 3 aromatic rings. The summed E-state index contributed by atoms with van der Waals surface area (Å²) in [5, 5.41) is 53.2. The Morgan fingerprint density at radius 2 is 1.75 bits per heavy atom. The van der Waals surface area contributed by atoms with Gasteiger partial charge in [-0.25, -0.2) is 13.2 Å². The third kappa shape index (κ3) is 12.1. The predicted molar refractivity (Wildman–Crippen MR) is 199 cm³/mol. The lowest BCUT2D eigenvalue weighted by molar-refractivity contribution is -0.0902. The van der Waals surface area contributed by atoms with E-state index in [-0.39, 0.29) is 36.7 Å². The molecular formula is C37H51ClN4O10S. The van der Waals surface area contributed by atoms with Crippen molar-refractivity contribution in [2.24, 2.45) is 0 Å². The molecule has 4 rings (SSSR count). The normalized spacial score (nSPS) is 15.6. The molecule has 4 atom stereocenters. The minimum Gasteiger partial charge on any atom is -0.490 e. The molecule has 7 N–H and O–H groups in total. The maximum absolute atomic E-state index is 13.8. The summed E-state index contributed by atoms with van der Waals surface area (Å²) in [6.07, 6.45) is 2.14. The molecule has 14 nitrogen and oxygen atoms in total. The van der Waals surface area contributed by atoms with E-state index < -0.39 is 53.6 Å². The predicted octanol–water partition coefficient (Wildman–Crippen LogP) is 2.62. The van der Waals surface area contributed by atoms with E-state index in [1.165, 1.54) is 16.4 Å². The fourth-order valence-corrected chi connectivity index (χ4v) is 7.55. The minimum absolute atomic E-state index is 0.0793. The number of pyridine rings is 1. The number of ether oxygens (including phenoxy) is 2. The van der Waals surface area contributed by atoms with Crippen LogP contribution in [0.25, 0.3) is 11.1 Å². The number of nitrogens with zero attached hydrogens (tertiary/aromatic N) is 2. The Morgan fingerprint density at radius 1 is 1.00 bits per heavy atom. The largest absolute Gasteiger partial charge is 0.490 e. The van der Waals surface area contributed by atoms with Gasteiger partial charge in [0.25, 0.3) is 0 Å². The number of para-hydroxylation sites is 1. The number of nitrogens with one attached hydrogen (secondary N) is 2. The Labute approximate surface area is 315 Å². The number of aromatic nitrogens is 1. The molecule has 1 aromatic heterocycles. The van der Waals surface area contributed by atoms with E-state index in [0.717, 1.165) is 35.3 Å². The number of hydrogen-bond donors (Lipinski definition) is 7. The summed E-state index contributed by atoms with van der Waals surface area (Å²) in [7, 11) is -3.93. The van der Waals surface area contributed by atoms with Gasteiger partial charge < -0.3 is 45.6 Å². The monoisotopic (exact) mass is 778 g/mol. The highest BCUT2D eigenvalue weighted by Gasteiger charge is 2.32. The van der Waals surface area contributed by atoms with E-state index in [1.807, 2.05) is 36.5 Å². The number of amides is 2. The van der Waals surface area contributed by atoms with E-state index in [9.17, 15) is 33.6 Å². The van der Waals surface area contributed by atoms with Gasteiger partial charge in [-0.3, -0.25) is 4.98 Å². The number of carbonyl (C=O) groups excluding carboxylic acids is 1. The zero-order valence-corrected chi connectivity index (χ0v) is 31.5. The molecule has 1 heterocycles. The highest BCUT2D eigenvalue weighted by Crippen LogP contribution is 2.36. The Morgan fingerprint density at radius 3 is 2.45 bits per heavy atom. The van der Waals surface area contributed by atoms with Crippen molar-refractivity contribution in [2.75, 3.05) is 32.9 Å². The Balaban J connectivity index is 1.29. The average Bonchev–Trinajstić information content (AvgIpc) is 3.97. The van der Waals surface area contributed by atoms with Gasteiger partial charge in [0, 0.05) is 42.1 Å². The van der Waals surface area contributed by atoms with Crippen molar-refractivity contribution >= 4 is 27.7 Å². The lowest BCUT2D eigenvalue weighted by Crippen LogP contribution is -2.56. The van der Waals surface area contributed by atoms with Crippen LogP contribution in [-0.2, 0) is 27.8 Å². The van der Waals surface area contributed by atoms with Crippen molar-refractivity contribution < 1.29 is 48.2 Å². The second-order valence-corrected chi connectivity index (χ2v) is 15.5. The van der Waals surface area contributed by atoms with E-state index in [0.29, 0.717) is 36.5 Å². The molecule has 1 fully saturated rings. The number of hydrogen-bond acceptors (Lipinski definition) is 11. The number of carbonyl (C=O) groups is 1. The van der Waals surface area contributed by atoms with Crippen LogP contribution < -0.4 is 15.4 Å². The van der Waals surface area contributed by atoms with Gasteiger partial charge in [-0.05, 0) is 93.0 Å². The van der Waals surface area contributed by atoms with Gasteiger partial charge in [-0.15, -0.1) is 0 Å². The van der Waals surface area contributed by atoms with Gasteiger partial charge in [0.15, 0.2) is 0 Å². The van der Waals surface area contributed by atoms with Gasteiger partial charge in [0.2, 0.25) is 10.0 Å². The first-order valence-electron chi connectivity index (χ1n) is 17.7. The number of halogens is 1. The molecule has 0 spiro atoms. The lowest BCUT2D eigenvalue weighted by Gasteiger charge is -2.28. The number of aliphatic hydroxyl groups excluding tert-OH is 5. The molecule has 1 aliphatic carbocycles. The highest BCUT2D eigenvalue weighted by atomic mass is 35.5. The lowest BCUT2D eigenvalue weighted by atomic mass is 9.99. The maximum atomic E-state index is 13.8. The van der Waals surface area contributed by atoms with Gasteiger partial charge in [-0.1, -0.05) is 29.8 Å². The topological polar surface area (TPSA) is 211 Å². The molecule has 1 aliphatic rings. The van der Waals surface area contributed by atoms with Gasteiger partial charge in [0.05, 0.1) is 43.5 Å². The van der Waals surface area contributed by atoms with E-state index in [4.69, 9.17) is 26.2 Å². The van der Waals surface area contributed by atoms with Gasteiger partial charge >= 0.3 is 6.03 Å². The van der Waals surface area contributed by atoms with Crippen molar-refractivity contribution in [2.45, 2.75) is 94.0 Å². The molecule has 16 heteroatoms. The van der Waals surface area contributed by atoms with Crippen LogP contribution in [0.2, 0.25) is 5.02 Å². The third-order valence-electron chi connectivity index (χ3n) is 8.82. The summed E-state index contributed by atoms with van der Waals surface area (Å²) in [4.78, 5) is 16.7. The molecule has 2 amide bonds. The first-order chi connectivity index (χ1) is 25.4. The fourth-order valence-electron chi connectivity index (χ4n) is 5.65. The van der Waals surface area contributed by atoms with Crippen LogP contribution in [0.1, 0.15) is 50.7 Å². The van der Waals surface area contributed by atoms with Crippen LogP contribution in [0.3, 0.4) is 0 Å². The van der Waals surface area contributed by atoms with Crippen LogP contribution in [0.5, 0.6) is 5.75 Å². The standard InChI is InChI=1S/C37H51ClN4O10S/c1-24(2)42(17-6-5-15-40-37(48)41-32(21-43)35(46)36(47)33(45)22-44)53(49,50)28-11-12-31(38)26(19-28)23-51-18-14-25-20-39-16-13-29(25)30-7-3-4-8-34(30)52-27-9-10-27/h3-4,7-8,11-13,16,19-20,24,27,32-33,35-36,43-47H,5-6,9-10,14-15,17-18,21-23H2,1-2H3,(H2,40,41,48)/t32-,33+,35+,36+/m0/s1. The number of benzene rings is 2. The molecular weight excluding hydrogens is 728 g/mol. The van der Waals surface area contributed by atoms with Crippen LogP contribution in [0, 0.1) is 0 Å². The van der Waals surface area contributed by atoms with Crippen LogP contribution in [0.4, 0.5) is 4.79 Å². The summed E-state index contributed by atoms with van der Waals surface area (Å²) in [6, 6.07) is 12.0. The molecule has 292 valence electrons. The first kappa shape index (κ1) is 42.4. The number of sulfonamides is 1. The Kier molecular flexibility index (Phi) is 16.3. The van der Waals surface area contributed by atoms with E-state index in [2.05, 4.69) is 15.6 Å². The number of aliphatic hydroxyl groups is 5. The quantitative estimate of drug-likeness (QED) is 0.0738. The summed E-state index contributed by atoms with van der Waals surface area (Å²) < 4.78 is 41.1. The van der Waals surface area contributed by atoms with E-state index in [1.54, 1.807) is 26.1 Å². The van der Waals surface area contributed by atoms with Crippen molar-refractivity contribution in [1.29, 1.82) is 0 Å². The SMILES string of the molecule is CC(C)N(CCCCNC(=O)N[C@@H](CO)[C@@H](O)[C@H](O)[C@H](O)CO)S(=O)(=O)c1ccc(Cl)c(COCCc2cnccc2-c2ccccc2OC2CC2)c1. The molecule has 0 radical (unpaired) electrons. The van der Waals surface area contributed by atoms with E-state index >= 15 is 0 Å². The summed E-state index contributed by atoms with van der Waals surface area (Å²) in [6.45, 7) is 2.76. The van der Waals surface area contributed by atoms with Crippen LogP contribution in [-0.4, -0.2) is 119 Å². The molecule has 1 saturated carbocycles. The van der Waals surface area contributed by atoms with Gasteiger partial charge in [-0.2, -0.15) is 4.31 Å². The molecule has 2 aromatic carbocycles. The average molecular weight is 779 g/mol. The number of rotatable bonds is 22. The molecule has 0 saturated heterocycles. The van der Waals surface area contributed by atoms with Crippen molar-refractivity contribution in [3.63, 3.8) is 0 Å².